The molecule has 7 aromatic rings. The van der Waals surface area contributed by atoms with E-state index in [2.05, 4.69) is 40.3 Å². The molecule has 3 N–H and O–H groups in total. The normalized spacial score (nSPS) is 12.1. The Balaban J connectivity index is 1.51. The van der Waals surface area contributed by atoms with Crippen LogP contribution in [0.2, 0.25) is 25.7 Å². The average Bonchev–Trinajstić information content (AvgIpc) is 3.95. The fourth-order valence-electron chi connectivity index (χ4n) is 7.30. The van der Waals surface area contributed by atoms with Gasteiger partial charge in [-0.25, -0.2) is 26.6 Å². The maximum atomic E-state index is 16.1. The highest BCUT2D eigenvalue weighted by atomic mass is 32.2. The van der Waals surface area contributed by atoms with Crippen LogP contribution in [-0.4, -0.2) is 104 Å². The van der Waals surface area contributed by atoms with Gasteiger partial charge in [-0.15, -0.1) is 10.2 Å². The molecule has 1 amide bonds. The Bertz CT molecular complexity index is 3000. The minimum atomic E-state index is -4.85. The van der Waals surface area contributed by atoms with Crippen LogP contribution in [0.25, 0.3) is 33.5 Å². The average molecular weight is 953 g/mol. The molecule has 0 aliphatic heterocycles. The van der Waals surface area contributed by atoms with Gasteiger partial charge in [0.2, 0.25) is 15.8 Å². The lowest BCUT2D eigenvalue weighted by Crippen LogP contribution is -2.32. The van der Waals surface area contributed by atoms with E-state index in [0.717, 1.165) is 5.56 Å². The molecule has 0 aliphatic rings. The molecule has 0 atom stereocenters. The Kier molecular flexibility index (Phi) is 14.3. The number of hydrogen-bond donors (Lipinski definition) is 3. The molecule has 20 heteroatoms. The second kappa shape index (κ2) is 19.9. The van der Waals surface area contributed by atoms with Gasteiger partial charge >= 0.3 is 6.09 Å². The summed E-state index contributed by atoms with van der Waals surface area (Å²) in [6, 6.07) is 29.8. The van der Waals surface area contributed by atoms with Crippen molar-refractivity contribution in [2.24, 2.45) is 0 Å². The summed E-state index contributed by atoms with van der Waals surface area (Å²) in [5, 5.41) is 25.1. The molecule has 346 valence electrons. The maximum Gasteiger partial charge on any atom is 0.404 e. The Hall–Kier alpha value is -6.61. The number of amides is 1. The topological polar surface area (TPSA) is 221 Å². The molecular weight excluding hydrogens is 901 g/mol. The number of carboxylic acid groups (broad SMARTS) is 1. The third kappa shape index (κ3) is 11.1. The van der Waals surface area contributed by atoms with Crippen LogP contribution >= 0.6 is 0 Å². The monoisotopic (exact) mass is 952 g/mol. The van der Waals surface area contributed by atoms with Crippen LogP contribution in [0.3, 0.4) is 0 Å². The molecule has 0 bridgehead atoms. The van der Waals surface area contributed by atoms with Crippen molar-refractivity contribution in [1.29, 1.82) is 0 Å². The number of carbonyl (C=O) groups is 1. The molecule has 2 heterocycles. The fraction of sp³-hybridized carbons (Fsp3) is 0.283. The van der Waals surface area contributed by atoms with E-state index in [-0.39, 0.29) is 55.3 Å². The van der Waals surface area contributed by atoms with Crippen molar-refractivity contribution in [3.8, 4) is 39.8 Å². The SMILES string of the molecule is COc1ccc(CN(Cc2ccc(OC)cc2)S(=O)(=O)c2c(S(=O)(=O)CC[Si](C)(C)C)ccc(-c3cccc4[nH]c(CCNC(=O)O)nc34)c2-c2nnn(Cc3ccc(OC)cc3)n2)cc1. The molecule has 0 saturated heterocycles. The number of tetrazole rings is 1. The zero-order valence-corrected chi connectivity index (χ0v) is 40.1. The Labute approximate surface area is 384 Å². The first-order valence-corrected chi connectivity index (χ1v) is 27.8. The molecule has 0 spiro atoms. The number of nitrogens with one attached hydrogen (secondary N) is 2. The van der Waals surface area contributed by atoms with E-state index in [1.807, 2.05) is 12.1 Å². The lowest BCUT2D eigenvalue weighted by atomic mass is 9.98. The van der Waals surface area contributed by atoms with Crippen molar-refractivity contribution in [3.63, 3.8) is 0 Å². The standard InChI is InChI=1S/C46H52N8O9S2Si/c1-61-34-16-10-31(11-17-34)28-53(29-32-12-18-35(62-2)19-13-32)65(59,60)44-40(64(57,58)26-27-66(4,5)6)23-22-37(38-8-7-9-39-43(38)49-41(48-39)24-25-47-46(55)56)42(44)45-50-52-54(51-45)30-33-14-20-36(63-3)21-15-33/h7-23,47H,24-30H2,1-6H3,(H,48,49)(H,55,56). The summed E-state index contributed by atoms with van der Waals surface area (Å²) >= 11 is 0. The van der Waals surface area contributed by atoms with Crippen molar-refractivity contribution in [2.75, 3.05) is 33.6 Å². The molecule has 66 heavy (non-hydrogen) atoms. The number of imidazole rings is 1. The molecule has 17 nitrogen and oxygen atoms in total. The van der Waals surface area contributed by atoms with Crippen LogP contribution < -0.4 is 19.5 Å². The molecule has 5 aromatic carbocycles. The second-order valence-corrected chi connectivity index (χ2v) is 26.3. The van der Waals surface area contributed by atoms with Gasteiger partial charge in [0.05, 0.1) is 55.1 Å². The minimum Gasteiger partial charge on any atom is -0.497 e. The number of fused-ring (bicyclic) bond motifs is 1. The summed E-state index contributed by atoms with van der Waals surface area (Å²) < 4.78 is 79.3. The number of ether oxygens (including phenoxy) is 3. The lowest BCUT2D eigenvalue weighted by molar-refractivity contribution is 0.194. The molecule has 0 saturated carbocycles. The third-order valence-electron chi connectivity index (χ3n) is 10.9. The number of nitrogens with zero attached hydrogens (tertiary/aromatic N) is 6. The molecule has 0 unspecified atom stereocenters. The number of H-pyrrole nitrogens is 1. The van der Waals surface area contributed by atoms with Gasteiger partial charge in [-0.3, -0.25) is 0 Å². The summed E-state index contributed by atoms with van der Waals surface area (Å²) in [5.41, 5.74) is 3.69. The van der Waals surface area contributed by atoms with Gasteiger partial charge in [0.15, 0.2) is 9.84 Å². The summed E-state index contributed by atoms with van der Waals surface area (Å²) in [6.07, 6.45) is -0.945. The Morgan fingerprint density at radius 3 is 1.89 bits per heavy atom. The zero-order chi connectivity index (χ0) is 47.2. The molecule has 0 aliphatic carbocycles. The van der Waals surface area contributed by atoms with Crippen LogP contribution in [0, 0.1) is 0 Å². The van der Waals surface area contributed by atoms with E-state index in [9.17, 15) is 18.3 Å². The van der Waals surface area contributed by atoms with Crippen LogP contribution in [0.1, 0.15) is 22.5 Å². The molecular formula is C46H52N8O9S2Si. The van der Waals surface area contributed by atoms with E-state index in [1.54, 1.807) is 92.0 Å². The molecule has 2 aromatic heterocycles. The number of para-hydroxylation sites is 1. The number of rotatable bonds is 20. The molecule has 0 radical (unpaired) electrons. The number of sulfonamides is 1. The van der Waals surface area contributed by atoms with E-state index >= 15 is 8.42 Å². The number of sulfone groups is 1. The predicted octanol–water partition coefficient (Wildman–Crippen LogP) is 7.27. The summed E-state index contributed by atoms with van der Waals surface area (Å²) in [6.45, 7) is 6.09. The summed E-state index contributed by atoms with van der Waals surface area (Å²) in [4.78, 5) is 19.7. The van der Waals surface area contributed by atoms with Crippen molar-refractivity contribution in [1.82, 2.24) is 39.8 Å². The largest absolute Gasteiger partial charge is 0.497 e. The molecule has 7 rings (SSSR count). The van der Waals surface area contributed by atoms with Gasteiger partial charge < -0.3 is 29.6 Å². The first-order valence-electron chi connectivity index (χ1n) is 21.0. The van der Waals surface area contributed by atoms with Gasteiger partial charge in [-0.1, -0.05) is 74.2 Å². The Morgan fingerprint density at radius 1 is 0.773 bits per heavy atom. The second-order valence-electron chi connectivity index (χ2n) is 16.8. The van der Waals surface area contributed by atoms with Gasteiger partial charge in [0.25, 0.3) is 0 Å². The van der Waals surface area contributed by atoms with E-state index in [1.165, 1.54) is 29.4 Å². The van der Waals surface area contributed by atoms with Crippen LogP contribution in [-0.2, 0) is 45.9 Å². The maximum absolute atomic E-state index is 16.1. The van der Waals surface area contributed by atoms with E-state index in [4.69, 9.17) is 24.3 Å². The fourth-order valence-corrected chi connectivity index (χ4v) is 14.1. The quantitative estimate of drug-likeness (QED) is 0.0641. The van der Waals surface area contributed by atoms with Crippen molar-refractivity contribution in [3.05, 3.63) is 126 Å². The summed E-state index contributed by atoms with van der Waals surface area (Å²) in [7, 11) is -6.50. The van der Waals surface area contributed by atoms with Gasteiger partial charge in [0, 0.05) is 39.7 Å². The van der Waals surface area contributed by atoms with Gasteiger partial charge in [-0.2, -0.15) is 9.10 Å². The van der Waals surface area contributed by atoms with Crippen molar-refractivity contribution < 1.29 is 40.9 Å². The van der Waals surface area contributed by atoms with Crippen LogP contribution in [0.15, 0.2) is 113 Å². The lowest BCUT2D eigenvalue weighted by Gasteiger charge is -2.26. The highest BCUT2D eigenvalue weighted by molar-refractivity contribution is 7.93. The minimum absolute atomic E-state index is 0.0795. The number of methoxy groups -OCH3 is 3. The summed E-state index contributed by atoms with van der Waals surface area (Å²) in [5.74, 6) is 1.85. The van der Waals surface area contributed by atoms with Crippen LogP contribution in [0.4, 0.5) is 4.79 Å². The number of benzene rings is 5. The first-order chi connectivity index (χ1) is 31.5. The third-order valence-corrected chi connectivity index (χ3v) is 16.7. The van der Waals surface area contributed by atoms with E-state index in [0.29, 0.717) is 56.8 Å². The van der Waals surface area contributed by atoms with Crippen molar-refractivity contribution >= 4 is 45.1 Å². The smallest absolute Gasteiger partial charge is 0.404 e. The molecule has 0 fully saturated rings. The van der Waals surface area contributed by atoms with Gasteiger partial charge in [-0.05, 0) is 82.0 Å². The number of aromatic nitrogens is 6. The van der Waals surface area contributed by atoms with Crippen LogP contribution in [0.5, 0.6) is 17.2 Å². The highest BCUT2D eigenvalue weighted by Gasteiger charge is 2.38. The Morgan fingerprint density at radius 2 is 1.35 bits per heavy atom. The van der Waals surface area contributed by atoms with Gasteiger partial charge in [0.1, 0.15) is 28.0 Å². The number of aromatic amines is 1. The van der Waals surface area contributed by atoms with Crippen molar-refractivity contribution in [2.45, 2.75) is 61.5 Å². The van der Waals surface area contributed by atoms with E-state index < -0.39 is 43.8 Å². The zero-order valence-electron chi connectivity index (χ0n) is 37.5. The number of hydrogen-bond acceptors (Lipinski definition) is 12. The first kappa shape index (κ1) is 47.4. The predicted molar refractivity (Wildman–Crippen MR) is 253 cm³/mol. The highest BCUT2D eigenvalue weighted by Crippen LogP contribution is 2.43.